The first-order chi connectivity index (χ1) is 9.13. The van der Waals surface area contributed by atoms with E-state index < -0.39 is 0 Å². The summed E-state index contributed by atoms with van der Waals surface area (Å²) in [5, 5.41) is 9.61. The smallest absolute Gasteiger partial charge is 0.134 e. The number of benzene rings is 2. The minimum Gasteiger partial charge on any atom is -0.508 e. The molecule has 0 aliphatic rings. The van der Waals surface area contributed by atoms with Crippen molar-refractivity contribution in [3.63, 3.8) is 0 Å². The molecule has 0 spiro atoms. The predicted molar refractivity (Wildman–Crippen MR) is 73.3 cm³/mol. The Labute approximate surface area is 112 Å². The van der Waals surface area contributed by atoms with E-state index in [4.69, 9.17) is 4.74 Å². The topological polar surface area (TPSA) is 46.5 Å². The van der Waals surface area contributed by atoms with Crippen LogP contribution in [0.5, 0.6) is 11.5 Å². The highest BCUT2D eigenvalue weighted by Crippen LogP contribution is 2.23. The molecule has 0 aliphatic heterocycles. The second-order valence-corrected chi connectivity index (χ2v) is 4.49. The monoisotopic (exact) mass is 256 g/mol. The Kier molecular flexibility index (Phi) is 4.18. The van der Waals surface area contributed by atoms with Crippen LogP contribution in [0.1, 0.15) is 18.1 Å². The van der Waals surface area contributed by atoms with Crippen LogP contribution < -0.4 is 4.74 Å². The molecule has 98 valence electrons. The average Bonchev–Trinajstić information content (AvgIpc) is 2.36. The van der Waals surface area contributed by atoms with E-state index in [2.05, 4.69) is 0 Å². The molecule has 2 aromatic rings. The van der Waals surface area contributed by atoms with Crippen LogP contribution in [0.15, 0.2) is 48.5 Å². The maximum absolute atomic E-state index is 11.1. The van der Waals surface area contributed by atoms with E-state index in [-0.39, 0.29) is 11.5 Å². The summed E-state index contributed by atoms with van der Waals surface area (Å²) in [5.74, 6) is 0.738. The maximum atomic E-state index is 11.1. The molecule has 1 N–H and O–H groups in total. The lowest BCUT2D eigenvalue weighted by molar-refractivity contribution is -0.116. The lowest BCUT2D eigenvalue weighted by Crippen LogP contribution is -1.99. The quantitative estimate of drug-likeness (QED) is 0.894. The van der Waals surface area contributed by atoms with Gasteiger partial charge in [-0.3, -0.25) is 4.79 Å². The van der Waals surface area contributed by atoms with Gasteiger partial charge in [0.05, 0.1) is 0 Å². The van der Waals surface area contributed by atoms with Crippen LogP contribution in [0, 0.1) is 0 Å². The fourth-order valence-corrected chi connectivity index (χ4v) is 1.86. The van der Waals surface area contributed by atoms with Crippen LogP contribution in [0.25, 0.3) is 0 Å². The standard InChI is InChI=1S/C16H16O3/c1-12(17)7-14-8-15(18)10-16(9-14)19-11-13-5-3-2-4-6-13/h2-6,8-10,18H,7,11H2,1H3. The summed E-state index contributed by atoms with van der Waals surface area (Å²) >= 11 is 0. The van der Waals surface area contributed by atoms with Crippen molar-refractivity contribution in [2.75, 3.05) is 0 Å². The van der Waals surface area contributed by atoms with Crippen molar-refractivity contribution in [3.05, 3.63) is 59.7 Å². The lowest BCUT2D eigenvalue weighted by atomic mass is 10.1. The number of aromatic hydroxyl groups is 1. The van der Waals surface area contributed by atoms with Crippen molar-refractivity contribution in [2.24, 2.45) is 0 Å². The molecule has 2 rings (SSSR count). The van der Waals surface area contributed by atoms with Gasteiger partial charge in [0.1, 0.15) is 23.9 Å². The van der Waals surface area contributed by atoms with Crippen LogP contribution in [-0.2, 0) is 17.8 Å². The van der Waals surface area contributed by atoms with Crippen LogP contribution in [0.3, 0.4) is 0 Å². The van der Waals surface area contributed by atoms with Crippen molar-refractivity contribution in [1.82, 2.24) is 0 Å². The number of Topliss-reactive ketones (excluding diaryl/α,β-unsaturated/α-hetero) is 1. The molecular weight excluding hydrogens is 240 g/mol. The number of rotatable bonds is 5. The van der Waals surface area contributed by atoms with Gasteiger partial charge in [-0.15, -0.1) is 0 Å². The number of phenolic OH excluding ortho intramolecular Hbond substituents is 1. The van der Waals surface area contributed by atoms with E-state index >= 15 is 0 Å². The van der Waals surface area contributed by atoms with Gasteiger partial charge in [0.15, 0.2) is 0 Å². The molecule has 19 heavy (non-hydrogen) atoms. The fraction of sp³-hybridized carbons (Fsp3) is 0.188. The number of ketones is 1. The van der Waals surface area contributed by atoms with Gasteiger partial charge in [-0.05, 0) is 30.2 Å². The Morgan fingerprint density at radius 2 is 1.84 bits per heavy atom. The summed E-state index contributed by atoms with van der Waals surface area (Å²) in [5.41, 5.74) is 1.81. The van der Waals surface area contributed by atoms with Crippen molar-refractivity contribution < 1.29 is 14.6 Å². The second kappa shape index (κ2) is 6.05. The van der Waals surface area contributed by atoms with E-state index in [1.165, 1.54) is 6.92 Å². The van der Waals surface area contributed by atoms with Crippen molar-refractivity contribution >= 4 is 5.78 Å². The zero-order valence-electron chi connectivity index (χ0n) is 10.8. The first-order valence-corrected chi connectivity index (χ1v) is 6.12. The maximum Gasteiger partial charge on any atom is 0.134 e. The van der Waals surface area contributed by atoms with E-state index in [0.717, 1.165) is 11.1 Å². The molecule has 0 unspecified atom stereocenters. The summed E-state index contributed by atoms with van der Waals surface area (Å²) in [6.45, 7) is 1.96. The summed E-state index contributed by atoms with van der Waals surface area (Å²) in [7, 11) is 0. The summed E-state index contributed by atoms with van der Waals surface area (Å²) in [6.07, 6.45) is 0.302. The number of phenols is 1. The third-order valence-electron chi connectivity index (χ3n) is 2.65. The molecular formula is C16H16O3. The van der Waals surface area contributed by atoms with E-state index in [9.17, 15) is 9.90 Å². The molecule has 0 aliphatic carbocycles. The number of carbonyl (C=O) groups is 1. The van der Waals surface area contributed by atoms with Gasteiger partial charge in [-0.1, -0.05) is 30.3 Å². The molecule has 0 radical (unpaired) electrons. The molecule has 0 amide bonds. The zero-order chi connectivity index (χ0) is 13.7. The Balaban J connectivity index is 2.07. The van der Waals surface area contributed by atoms with Gasteiger partial charge in [-0.2, -0.15) is 0 Å². The number of carbonyl (C=O) groups excluding carboxylic acids is 1. The largest absolute Gasteiger partial charge is 0.508 e. The summed E-state index contributed by atoms with van der Waals surface area (Å²) in [6, 6.07) is 14.7. The summed E-state index contributed by atoms with van der Waals surface area (Å²) in [4.78, 5) is 11.1. The molecule has 3 nitrogen and oxygen atoms in total. The predicted octanol–water partition coefficient (Wildman–Crippen LogP) is 3.10. The normalized spacial score (nSPS) is 10.2. The molecule has 0 fully saturated rings. The van der Waals surface area contributed by atoms with Gasteiger partial charge in [0.25, 0.3) is 0 Å². The third-order valence-corrected chi connectivity index (χ3v) is 2.65. The molecule has 0 bridgehead atoms. The average molecular weight is 256 g/mol. The Morgan fingerprint density at radius 1 is 1.11 bits per heavy atom. The third kappa shape index (κ3) is 4.14. The number of hydrogen-bond acceptors (Lipinski definition) is 3. The van der Waals surface area contributed by atoms with Gasteiger partial charge >= 0.3 is 0 Å². The summed E-state index contributed by atoms with van der Waals surface area (Å²) < 4.78 is 5.62. The Bertz CT molecular complexity index is 561. The SMILES string of the molecule is CC(=O)Cc1cc(O)cc(OCc2ccccc2)c1. The molecule has 0 aromatic heterocycles. The van der Waals surface area contributed by atoms with Gasteiger partial charge in [0.2, 0.25) is 0 Å². The van der Waals surface area contributed by atoms with Crippen molar-refractivity contribution in [2.45, 2.75) is 20.0 Å². The van der Waals surface area contributed by atoms with Crippen molar-refractivity contribution in [3.8, 4) is 11.5 Å². The number of hydrogen-bond donors (Lipinski definition) is 1. The fourth-order valence-electron chi connectivity index (χ4n) is 1.86. The minimum absolute atomic E-state index is 0.0552. The van der Waals surface area contributed by atoms with Gasteiger partial charge in [-0.25, -0.2) is 0 Å². The highest BCUT2D eigenvalue weighted by Gasteiger charge is 2.04. The van der Waals surface area contributed by atoms with Crippen molar-refractivity contribution in [1.29, 1.82) is 0 Å². The first-order valence-electron chi connectivity index (χ1n) is 6.12. The van der Waals surface area contributed by atoms with E-state index in [0.29, 0.717) is 18.8 Å². The Morgan fingerprint density at radius 3 is 2.53 bits per heavy atom. The minimum atomic E-state index is 0.0552. The Hall–Kier alpha value is -2.29. The molecule has 3 heteroatoms. The van der Waals surface area contributed by atoms with Crippen LogP contribution in [-0.4, -0.2) is 10.9 Å². The van der Waals surface area contributed by atoms with Crippen LogP contribution >= 0.6 is 0 Å². The number of ether oxygens (including phenoxy) is 1. The molecule has 0 saturated carbocycles. The van der Waals surface area contributed by atoms with E-state index in [1.807, 2.05) is 30.3 Å². The van der Waals surface area contributed by atoms with Crippen LogP contribution in [0.4, 0.5) is 0 Å². The molecule has 0 saturated heterocycles. The van der Waals surface area contributed by atoms with Gasteiger partial charge in [0, 0.05) is 12.5 Å². The molecule has 2 aromatic carbocycles. The molecule has 0 atom stereocenters. The highest BCUT2D eigenvalue weighted by atomic mass is 16.5. The second-order valence-electron chi connectivity index (χ2n) is 4.49. The lowest BCUT2D eigenvalue weighted by Gasteiger charge is -2.08. The zero-order valence-corrected chi connectivity index (χ0v) is 10.8. The van der Waals surface area contributed by atoms with Crippen LogP contribution in [0.2, 0.25) is 0 Å². The molecule has 0 heterocycles. The van der Waals surface area contributed by atoms with Gasteiger partial charge < -0.3 is 9.84 Å². The van der Waals surface area contributed by atoms with E-state index in [1.54, 1.807) is 18.2 Å². The first kappa shape index (κ1) is 13.1. The highest BCUT2D eigenvalue weighted by molar-refractivity contribution is 5.78.